The van der Waals surface area contributed by atoms with Gasteiger partial charge in [-0.1, -0.05) is 23.7 Å². The van der Waals surface area contributed by atoms with E-state index < -0.39 is 6.61 Å². The van der Waals surface area contributed by atoms with Crippen LogP contribution in [0, 0.1) is 0 Å². The van der Waals surface area contributed by atoms with E-state index >= 15 is 0 Å². The number of nitrogens with one attached hydrogen (secondary N) is 3. The van der Waals surface area contributed by atoms with Crippen LogP contribution in [-0.2, 0) is 13.0 Å². The summed E-state index contributed by atoms with van der Waals surface area (Å²) in [6.45, 7) is -2.08. The minimum atomic E-state index is -2.90. The molecule has 0 aliphatic carbocycles. The molecule has 0 aliphatic rings. The minimum absolute atomic E-state index is 0. The van der Waals surface area contributed by atoms with E-state index in [4.69, 9.17) is 11.6 Å². The number of imidazole rings is 1. The summed E-state index contributed by atoms with van der Waals surface area (Å²) < 4.78 is 29.6. The van der Waals surface area contributed by atoms with Gasteiger partial charge in [-0.05, 0) is 30.3 Å². The lowest BCUT2D eigenvalue weighted by atomic mass is 10.2. The highest BCUT2D eigenvalue weighted by molar-refractivity contribution is 14.0. The van der Waals surface area contributed by atoms with Crippen molar-refractivity contribution in [1.29, 1.82) is 0 Å². The highest BCUT2D eigenvalue weighted by Crippen LogP contribution is 2.24. The van der Waals surface area contributed by atoms with Crippen LogP contribution >= 0.6 is 35.6 Å². The molecule has 0 bridgehead atoms. The van der Waals surface area contributed by atoms with Crippen molar-refractivity contribution in [2.75, 3.05) is 13.6 Å². The van der Waals surface area contributed by atoms with Crippen molar-refractivity contribution in [3.05, 3.63) is 58.9 Å². The van der Waals surface area contributed by atoms with Gasteiger partial charge in [0.1, 0.15) is 11.6 Å². The first-order chi connectivity index (χ1) is 13.5. The summed E-state index contributed by atoms with van der Waals surface area (Å²) in [7, 11) is 1.63. The number of H-pyrrole nitrogens is 1. The number of fused-ring (bicyclic) bond motifs is 1. The van der Waals surface area contributed by atoms with Crippen molar-refractivity contribution >= 4 is 52.6 Å². The molecule has 0 radical (unpaired) electrons. The Balaban J connectivity index is 0.00000300. The predicted octanol–water partition coefficient (Wildman–Crippen LogP) is 4.34. The number of ether oxygens (including phenoxy) is 1. The van der Waals surface area contributed by atoms with Gasteiger partial charge in [-0.2, -0.15) is 8.78 Å². The summed E-state index contributed by atoms with van der Waals surface area (Å²) in [5.41, 5.74) is 2.42. The van der Waals surface area contributed by atoms with Crippen LogP contribution in [0.3, 0.4) is 0 Å². The first kappa shape index (κ1) is 23.1. The second-order valence-electron chi connectivity index (χ2n) is 5.93. The maximum Gasteiger partial charge on any atom is 0.387 e. The van der Waals surface area contributed by atoms with Gasteiger partial charge in [0.05, 0.1) is 11.0 Å². The first-order valence-electron chi connectivity index (χ1n) is 8.66. The Kier molecular flexibility index (Phi) is 8.90. The number of rotatable bonds is 7. The summed E-state index contributed by atoms with van der Waals surface area (Å²) in [6.07, 6.45) is 0.673. The van der Waals surface area contributed by atoms with Crippen LogP contribution in [0.2, 0.25) is 5.02 Å². The molecule has 1 aromatic heterocycles. The van der Waals surface area contributed by atoms with Crippen molar-refractivity contribution in [3.8, 4) is 5.75 Å². The van der Waals surface area contributed by atoms with Gasteiger partial charge in [0, 0.05) is 37.1 Å². The zero-order chi connectivity index (χ0) is 19.9. The molecule has 0 fully saturated rings. The van der Waals surface area contributed by atoms with Crippen LogP contribution in [0.5, 0.6) is 5.75 Å². The van der Waals surface area contributed by atoms with E-state index in [1.54, 1.807) is 13.1 Å². The molecule has 156 valence electrons. The molecule has 0 saturated heterocycles. The molecule has 10 heteroatoms. The number of guanidine groups is 1. The Bertz CT molecular complexity index is 934. The predicted molar refractivity (Wildman–Crippen MR) is 121 cm³/mol. The number of halogens is 4. The fraction of sp³-hybridized carbons (Fsp3) is 0.263. The van der Waals surface area contributed by atoms with Crippen LogP contribution in [-0.4, -0.2) is 36.1 Å². The van der Waals surface area contributed by atoms with E-state index in [0.29, 0.717) is 29.5 Å². The minimum Gasteiger partial charge on any atom is -0.434 e. The number of para-hydroxylation sites is 2. The van der Waals surface area contributed by atoms with Gasteiger partial charge in [0.2, 0.25) is 0 Å². The van der Waals surface area contributed by atoms with Crippen LogP contribution in [0.1, 0.15) is 11.4 Å². The molecule has 0 atom stereocenters. The molecule has 3 N–H and O–H groups in total. The average Bonchev–Trinajstić information content (AvgIpc) is 3.08. The van der Waals surface area contributed by atoms with Crippen molar-refractivity contribution in [2.24, 2.45) is 4.99 Å². The van der Waals surface area contributed by atoms with Gasteiger partial charge in [0.25, 0.3) is 0 Å². The number of aromatic nitrogens is 2. The molecule has 3 rings (SSSR count). The van der Waals surface area contributed by atoms with Crippen molar-refractivity contribution < 1.29 is 13.5 Å². The Labute approximate surface area is 189 Å². The molecule has 2 aromatic carbocycles. The number of aliphatic imine (C=N–C) groups is 1. The first-order valence-corrected chi connectivity index (χ1v) is 9.04. The summed E-state index contributed by atoms with van der Waals surface area (Å²) in [5, 5.41) is 6.66. The fourth-order valence-electron chi connectivity index (χ4n) is 2.72. The number of benzene rings is 2. The topological polar surface area (TPSA) is 74.3 Å². The van der Waals surface area contributed by atoms with E-state index in [0.717, 1.165) is 16.9 Å². The summed E-state index contributed by atoms with van der Waals surface area (Å²) in [4.78, 5) is 11.9. The maximum atomic E-state index is 12.6. The van der Waals surface area contributed by atoms with Gasteiger partial charge < -0.3 is 20.4 Å². The molecule has 0 unspecified atom stereocenters. The Morgan fingerprint density at radius 1 is 1.24 bits per heavy atom. The third-order valence-electron chi connectivity index (χ3n) is 4.00. The lowest BCUT2D eigenvalue weighted by Gasteiger charge is -2.14. The molecular weight excluding hydrogens is 515 g/mol. The maximum absolute atomic E-state index is 12.6. The van der Waals surface area contributed by atoms with Crippen molar-refractivity contribution in [3.63, 3.8) is 0 Å². The molecule has 1 heterocycles. The standard InChI is InChI=1S/C19H20ClF2N5O.HI/c1-23-19(24-9-8-17-26-14-4-2-3-5-15(14)27-17)25-11-12-10-13(20)6-7-16(12)28-18(21)22;/h2-7,10,18H,8-9,11H2,1H3,(H,26,27)(H2,23,24,25);1H. The normalized spacial score (nSPS) is 11.4. The van der Waals surface area contributed by atoms with Crippen LogP contribution in [0.25, 0.3) is 11.0 Å². The quantitative estimate of drug-likeness (QED) is 0.239. The number of hydrogen-bond acceptors (Lipinski definition) is 3. The molecule has 0 saturated carbocycles. The monoisotopic (exact) mass is 535 g/mol. The summed E-state index contributed by atoms with van der Waals surface area (Å²) in [5.74, 6) is 1.47. The number of alkyl halides is 2. The zero-order valence-corrected chi connectivity index (χ0v) is 18.7. The summed E-state index contributed by atoms with van der Waals surface area (Å²) >= 11 is 5.96. The van der Waals surface area contributed by atoms with Gasteiger partial charge in [-0.25, -0.2) is 4.98 Å². The van der Waals surface area contributed by atoms with Crippen molar-refractivity contribution in [2.45, 2.75) is 19.6 Å². The molecular formula is C19H21ClF2IN5O. The smallest absolute Gasteiger partial charge is 0.387 e. The van der Waals surface area contributed by atoms with E-state index in [1.165, 1.54) is 12.1 Å². The van der Waals surface area contributed by atoms with Gasteiger partial charge in [-0.15, -0.1) is 24.0 Å². The van der Waals surface area contributed by atoms with E-state index in [1.807, 2.05) is 24.3 Å². The third-order valence-corrected chi connectivity index (χ3v) is 4.24. The lowest BCUT2D eigenvalue weighted by molar-refractivity contribution is -0.0504. The van der Waals surface area contributed by atoms with Gasteiger partial charge in [-0.3, -0.25) is 4.99 Å². The Hall–Kier alpha value is -2.14. The second kappa shape index (κ2) is 11.1. The zero-order valence-electron chi connectivity index (χ0n) is 15.6. The Morgan fingerprint density at radius 3 is 2.76 bits per heavy atom. The number of aromatic amines is 1. The molecule has 0 spiro atoms. The van der Waals surface area contributed by atoms with E-state index in [2.05, 4.69) is 30.3 Å². The second-order valence-corrected chi connectivity index (χ2v) is 6.37. The van der Waals surface area contributed by atoms with Gasteiger partial charge >= 0.3 is 6.61 Å². The van der Waals surface area contributed by atoms with Gasteiger partial charge in [0.15, 0.2) is 5.96 Å². The van der Waals surface area contributed by atoms with E-state index in [9.17, 15) is 8.78 Å². The lowest BCUT2D eigenvalue weighted by Crippen LogP contribution is -2.38. The van der Waals surface area contributed by atoms with Crippen LogP contribution < -0.4 is 15.4 Å². The average molecular weight is 536 g/mol. The number of hydrogen-bond donors (Lipinski definition) is 3. The summed E-state index contributed by atoms with van der Waals surface area (Å²) in [6, 6.07) is 12.3. The SMILES string of the molecule is CN=C(NCCc1nc2ccccc2[nH]1)NCc1cc(Cl)ccc1OC(F)F.I. The van der Waals surface area contributed by atoms with Crippen molar-refractivity contribution in [1.82, 2.24) is 20.6 Å². The largest absolute Gasteiger partial charge is 0.434 e. The van der Waals surface area contributed by atoms with Crippen LogP contribution in [0.15, 0.2) is 47.5 Å². The molecule has 0 aliphatic heterocycles. The fourth-order valence-corrected chi connectivity index (χ4v) is 2.91. The highest BCUT2D eigenvalue weighted by atomic mass is 127. The molecule has 0 amide bonds. The molecule has 29 heavy (non-hydrogen) atoms. The molecule has 6 nitrogen and oxygen atoms in total. The number of nitrogens with zero attached hydrogens (tertiary/aromatic N) is 2. The molecule has 3 aromatic rings. The highest BCUT2D eigenvalue weighted by Gasteiger charge is 2.11. The Morgan fingerprint density at radius 2 is 2.03 bits per heavy atom. The third kappa shape index (κ3) is 6.70. The van der Waals surface area contributed by atoms with Crippen LogP contribution in [0.4, 0.5) is 8.78 Å². The van der Waals surface area contributed by atoms with E-state index in [-0.39, 0.29) is 36.3 Å².